The lowest BCUT2D eigenvalue weighted by atomic mass is 9.97. The molecule has 0 saturated carbocycles. The van der Waals surface area contributed by atoms with E-state index in [9.17, 15) is 19.5 Å². The van der Waals surface area contributed by atoms with E-state index in [-0.39, 0.29) is 5.91 Å². The zero-order chi connectivity index (χ0) is 28.4. The van der Waals surface area contributed by atoms with Crippen LogP contribution in [0.1, 0.15) is 118 Å². The Balaban J connectivity index is 0.000000420. The van der Waals surface area contributed by atoms with E-state index in [0.717, 1.165) is 37.1 Å². The number of para-hydroxylation sites is 1. The molecular weight excluding hydrogens is 484 g/mol. The molecule has 8 heteroatoms. The molecule has 2 amide bonds. The molecule has 1 aliphatic rings. The van der Waals surface area contributed by atoms with E-state index in [4.69, 9.17) is 4.74 Å². The smallest absolute Gasteiger partial charge is 0.437 e. The van der Waals surface area contributed by atoms with Crippen LogP contribution in [0.2, 0.25) is 0 Å². The normalized spacial score (nSPS) is 18.3. The highest BCUT2D eigenvalue weighted by Gasteiger charge is 2.50. The van der Waals surface area contributed by atoms with Gasteiger partial charge >= 0.3 is 12.1 Å². The largest absolute Gasteiger partial charge is 0.467 e. The van der Waals surface area contributed by atoms with Crippen molar-refractivity contribution in [1.82, 2.24) is 5.01 Å². The molecule has 2 rings (SSSR count). The molecule has 0 aromatic heterocycles. The number of hydrazine groups is 1. The van der Waals surface area contributed by atoms with E-state index in [0.29, 0.717) is 18.5 Å². The summed E-state index contributed by atoms with van der Waals surface area (Å²) in [5.74, 6) is -0.851. The number of methoxy groups -OCH3 is 1. The maximum absolute atomic E-state index is 12.5. The van der Waals surface area contributed by atoms with Crippen molar-refractivity contribution >= 4 is 23.7 Å². The van der Waals surface area contributed by atoms with Gasteiger partial charge in [-0.3, -0.25) is 10.2 Å². The van der Waals surface area contributed by atoms with Gasteiger partial charge in [-0.25, -0.2) is 9.59 Å². The molecule has 216 valence electrons. The van der Waals surface area contributed by atoms with Gasteiger partial charge in [-0.1, -0.05) is 96.3 Å². The number of ether oxygens (including phenoxy) is 2. The number of hydrogen-bond acceptors (Lipinski definition) is 7. The summed E-state index contributed by atoms with van der Waals surface area (Å²) < 4.78 is 9.87. The Hall–Kier alpha value is -2.61. The molecule has 1 aromatic carbocycles. The number of nitrogens with one attached hydrogen (secondary N) is 1. The second kappa shape index (κ2) is 17.8. The van der Waals surface area contributed by atoms with Crippen molar-refractivity contribution in [2.45, 2.75) is 129 Å². The number of hydrogen-bond donors (Lipinski definition) is 2. The summed E-state index contributed by atoms with van der Waals surface area (Å²) in [5.41, 5.74) is 1.15. The summed E-state index contributed by atoms with van der Waals surface area (Å²) in [5, 5.41) is 10.7. The first-order chi connectivity index (χ1) is 18.1. The molecule has 8 nitrogen and oxygen atoms in total. The number of esters is 1. The third-order valence-corrected chi connectivity index (χ3v) is 6.81. The number of benzene rings is 1. The van der Waals surface area contributed by atoms with Gasteiger partial charge in [0.05, 0.1) is 12.8 Å². The predicted molar refractivity (Wildman–Crippen MR) is 150 cm³/mol. The van der Waals surface area contributed by atoms with Gasteiger partial charge in [0.2, 0.25) is 0 Å². The van der Waals surface area contributed by atoms with Crippen LogP contribution in [-0.4, -0.2) is 46.4 Å². The Morgan fingerprint density at radius 3 is 2.03 bits per heavy atom. The van der Waals surface area contributed by atoms with Gasteiger partial charge in [0.25, 0.3) is 5.91 Å². The van der Waals surface area contributed by atoms with E-state index in [1.807, 2.05) is 18.2 Å². The zero-order valence-electron chi connectivity index (χ0n) is 24.2. The van der Waals surface area contributed by atoms with Crippen LogP contribution in [0.3, 0.4) is 0 Å². The van der Waals surface area contributed by atoms with Crippen LogP contribution in [-0.2, 0) is 19.1 Å². The number of aliphatic hydroxyl groups is 1. The number of nitrogens with zero attached hydrogens (tertiary/aromatic N) is 1. The average molecular weight is 535 g/mol. The minimum Gasteiger partial charge on any atom is -0.467 e. The van der Waals surface area contributed by atoms with E-state index in [2.05, 4.69) is 24.0 Å². The number of imide groups is 1. The Labute approximate surface area is 229 Å². The van der Waals surface area contributed by atoms with Crippen LogP contribution >= 0.6 is 0 Å². The van der Waals surface area contributed by atoms with Crippen LogP contribution in [0.4, 0.5) is 10.5 Å². The molecular formula is C30H50N2O6. The Morgan fingerprint density at radius 2 is 1.47 bits per heavy atom. The predicted octanol–water partition coefficient (Wildman–Crippen LogP) is 7.16. The number of rotatable bonds is 17. The maximum atomic E-state index is 12.5. The molecule has 2 unspecified atom stereocenters. The molecule has 2 N–H and O–H groups in total. The van der Waals surface area contributed by atoms with Crippen molar-refractivity contribution in [3.63, 3.8) is 0 Å². The van der Waals surface area contributed by atoms with Crippen molar-refractivity contribution in [3.8, 4) is 0 Å². The first-order valence-corrected chi connectivity index (χ1v) is 14.3. The lowest BCUT2D eigenvalue weighted by Crippen LogP contribution is -2.41. The third-order valence-electron chi connectivity index (χ3n) is 6.81. The van der Waals surface area contributed by atoms with Crippen molar-refractivity contribution in [2.24, 2.45) is 0 Å². The average Bonchev–Trinajstić information content (AvgIpc) is 3.11. The van der Waals surface area contributed by atoms with Crippen LogP contribution in [0.25, 0.3) is 0 Å². The molecule has 0 bridgehead atoms. The van der Waals surface area contributed by atoms with Gasteiger partial charge in [0.15, 0.2) is 11.2 Å². The Bertz CT molecular complexity index is 829. The molecule has 1 aliphatic heterocycles. The number of amides is 2. The fraction of sp³-hybridized carbons (Fsp3) is 0.700. The number of carbonyl (C=O) groups is 3. The first-order valence-electron chi connectivity index (χ1n) is 14.3. The lowest BCUT2D eigenvalue weighted by Gasteiger charge is -2.20. The molecule has 1 fully saturated rings. The lowest BCUT2D eigenvalue weighted by molar-refractivity contribution is -0.161. The van der Waals surface area contributed by atoms with Crippen LogP contribution in [0.5, 0.6) is 0 Å². The van der Waals surface area contributed by atoms with E-state index >= 15 is 0 Å². The number of cyclic esters (lactones) is 1. The summed E-state index contributed by atoms with van der Waals surface area (Å²) in [6.07, 6.45) is 14.1. The third kappa shape index (κ3) is 11.8. The highest BCUT2D eigenvalue weighted by atomic mass is 16.6. The van der Waals surface area contributed by atoms with Gasteiger partial charge in [-0.15, -0.1) is 0 Å². The van der Waals surface area contributed by atoms with Crippen molar-refractivity contribution in [1.29, 1.82) is 0 Å². The molecule has 2 atom stereocenters. The molecule has 1 aromatic rings. The number of anilines is 1. The maximum Gasteiger partial charge on any atom is 0.437 e. The fourth-order valence-electron chi connectivity index (χ4n) is 4.31. The molecule has 1 saturated heterocycles. The summed E-state index contributed by atoms with van der Waals surface area (Å²) in [6, 6.07) is 9.14. The number of unbranched alkanes of at least 4 members (excludes halogenated alkanes) is 10. The molecule has 38 heavy (non-hydrogen) atoms. The zero-order valence-corrected chi connectivity index (χ0v) is 24.2. The van der Waals surface area contributed by atoms with Crippen molar-refractivity contribution < 1.29 is 29.0 Å². The topological polar surface area (TPSA) is 105 Å². The summed E-state index contributed by atoms with van der Waals surface area (Å²) in [7, 11) is 1.30. The summed E-state index contributed by atoms with van der Waals surface area (Å²) >= 11 is 0. The van der Waals surface area contributed by atoms with Crippen molar-refractivity contribution in [2.75, 3.05) is 12.5 Å². The molecule has 1 heterocycles. The van der Waals surface area contributed by atoms with Gasteiger partial charge < -0.3 is 14.6 Å². The minimum absolute atomic E-state index is 0.320. The number of carbonyl (C=O) groups excluding carboxylic acids is 3. The molecule has 0 radical (unpaired) electrons. The standard InChI is InChI=1S/C18H26N2O3.C12H24O3/c1-3-4-5-6-7-11-14-18(2)16(21)20(17(22)23-18)19-15-12-9-8-10-13-15;1-4-5-6-7-8-9-10-12(2,14)11(13)15-3/h8-10,12-13,19H,3-7,11,14H2,1-2H3;14H,4-10H2,1-3H3. The first kappa shape index (κ1) is 33.4. The quantitative estimate of drug-likeness (QED) is 0.161. The Morgan fingerprint density at radius 1 is 0.947 bits per heavy atom. The van der Waals surface area contributed by atoms with Crippen molar-refractivity contribution in [3.05, 3.63) is 30.3 Å². The summed E-state index contributed by atoms with van der Waals surface area (Å²) in [6.45, 7) is 7.59. The van der Waals surface area contributed by atoms with Crippen LogP contribution in [0, 0.1) is 0 Å². The minimum atomic E-state index is -1.31. The molecule has 0 aliphatic carbocycles. The van der Waals surface area contributed by atoms with Crippen LogP contribution in [0.15, 0.2) is 30.3 Å². The van der Waals surface area contributed by atoms with E-state index in [1.165, 1.54) is 59.0 Å². The van der Waals surface area contributed by atoms with Gasteiger partial charge in [-0.2, -0.15) is 5.01 Å². The second-order valence-corrected chi connectivity index (χ2v) is 10.5. The van der Waals surface area contributed by atoms with Gasteiger partial charge in [-0.05, 0) is 51.7 Å². The summed E-state index contributed by atoms with van der Waals surface area (Å²) in [4.78, 5) is 35.7. The van der Waals surface area contributed by atoms with E-state index < -0.39 is 23.3 Å². The van der Waals surface area contributed by atoms with Gasteiger partial charge in [0.1, 0.15) is 0 Å². The van der Waals surface area contributed by atoms with Gasteiger partial charge in [0, 0.05) is 0 Å². The monoisotopic (exact) mass is 534 g/mol. The SMILES string of the molecule is CCCCCCCCC(C)(O)C(=O)OC.CCCCCCCCC1(C)OC(=O)N(Nc2ccccc2)C1=O. The fourth-order valence-corrected chi connectivity index (χ4v) is 4.31. The second-order valence-electron chi connectivity index (χ2n) is 10.5. The van der Waals surface area contributed by atoms with Crippen LogP contribution < -0.4 is 5.43 Å². The highest BCUT2D eigenvalue weighted by molar-refractivity contribution is 6.03. The Kier molecular flexibility index (Phi) is 15.7. The van der Waals surface area contributed by atoms with E-state index in [1.54, 1.807) is 19.1 Å². The molecule has 0 spiro atoms. The highest BCUT2D eigenvalue weighted by Crippen LogP contribution is 2.30.